The molecule has 1 amide bonds. The minimum absolute atomic E-state index is 0.0206. The number of likely N-dealkylation sites (tertiary alicyclic amines) is 1. The van der Waals surface area contributed by atoms with Crippen LogP contribution in [0.25, 0.3) is 6.08 Å². The monoisotopic (exact) mass is 434 g/mol. The highest BCUT2D eigenvalue weighted by Gasteiger charge is 2.26. The van der Waals surface area contributed by atoms with E-state index in [2.05, 4.69) is 10.2 Å². The molecule has 0 aliphatic carbocycles. The largest absolute Gasteiger partial charge is 0.463 e. The minimum atomic E-state index is -0.380. The maximum Gasteiger partial charge on any atom is 0.330 e. The van der Waals surface area contributed by atoms with Crippen LogP contribution < -0.4 is 5.32 Å². The summed E-state index contributed by atoms with van der Waals surface area (Å²) in [5, 5.41) is 2.90. The van der Waals surface area contributed by atoms with E-state index in [0.717, 1.165) is 42.6 Å². The Balaban J connectivity index is 1.43. The van der Waals surface area contributed by atoms with E-state index in [1.54, 1.807) is 25.1 Å². The molecule has 1 aliphatic rings. The summed E-state index contributed by atoms with van der Waals surface area (Å²) in [5.41, 5.74) is 3.46. The van der Waals surface area contributed by atoms with Crippen LogP contribution in [0.15, 0.2) is 54.6 Å². The second-order valence-electron chi connectivity index (χ2n) is 8.04. The van der Waals surface area contributed by atoms with Gasteiger partial charge in [0.15, 0.2) is 5.78 Å². The number of Topliss-reactive ketones (excluding diaryl/α,β-unsaturated/α-hetero) is 1. The summed E-state index contributed by atoms with van der Waals surface area (Å²) in [5.74, 6) is -0.240. The molecule has 3 rings (SSSR count). The van der Waals surface area contributed by atoms with Gasteiger partial charge in [0, 0.05) is 23.2 Å². The van der Waals surface area contributed by atoms with Gasteiger partial charge >= 0.3 is 5.97 Å². The Morgan fingerprint density at radius 2 is 1.69 bits per heavy atom. The van der Waals surface area contributed by atoms with Crippen LogP contribution in [-0.4, -0.2) is 48.8 Å². The zero-order valence-corrected chi connectivity index (χ0v) is 18.7. The van der Waals surface area contributed by atoms with Gasteiger partial charge in [0.05, 0.1) is 13.2 Å². The molecule has 1 N–H and O–H groups in total. The van der Waals surface area contributed by atoms with Crippen molar-refractivity contribution in [3.63, 3.8) is 0 Å². The lowest BCUT2D eigenvalue weighted by Gasteiger charge is -2.30. The number of ether oxygens (including phenoxy) is 1. The Kier molecular flexibility index (Phi) is 8.34. The number of carbonyl (C=O) groups excluding carboxylic acids is 3. The Morgan fingerprint density at radius 1 is 1.03 bits per heavy atom. The van der Waals surface area contributed by atoms with Gasteiger partial charge in [0.25, 0.3) is 0 Å². The van der Waals surface area contributed by atoms with E-state index >= 15 is 0 Å². The quantitative estimate of drug-likeness (QED) is 0.385. The number of rotatable bonds is 8. The summed E-state index contributed by atoms with van der Waals surface area (Å²) in [7, 11) is 0. The van der Waals surface area contributed by atoms with E-state index in [9.17, 15) is 14.4 Å². The predicted octanol–water partition coefficient (Wildman–Crippen LogP) is 4.10. The number of carbonyl (C=O) groups is 3. The number of aryl methyl sites for hydroxylation is 1. The molecule has 168 valence electrons. The van der Waals surface area contributed by atoms with Crippen molar-refractivity contribution in [2.75, 3.05) is 31.6 Å². The van der Waals surface area contributed by atoms with Crippen LogP contribution in [0.3, 0.4) is 0 Å². The van der Waals surface area contributed by atoms with E-state index in [1.165, 1.54) is 6.08 Å². The predicted molar refractivity (Wildman–Crippen MR) is 125 cm³/mol. The molecule has 6 nitrogen and oxygen atoms in total. The zero-order valence-electron chi connectivity index (χ0n) is 18.7. The van der Waals surface area contributed by atoms with Gasteiger partial charge in [-0.15, -0.1) is 0 Å². The van der Waals surface area contributed by atoms with Crippen molar-refractivity contribution < 1.29 is 19.1 Å². The highest BCUT2D eigenvalue weighted by Crippen LogP contribution is 2.22. The molecule has 0 spiro atoms. The summed E-state index contributed by atoms with van der Waals surface area (Å²) < 4.78 is 4.85. The number of nitrogens with zero attached hydrogens (tertiary/aromatic N) is 1. The smallest absolute Gasteiger partial charge is 0.330 e. The SMILES string of the molecule is CCOC(=O)C=Cc1ccc(NC(=O)CN2CCC(C(=O)c3ccc(C)cc3)CC2)cc1. The number of nitrogens with one attached hydrogen (secondary N) is 1. The average Bonchev–Trinajstić information content (AvgIpc) is 2.79. The molecule has 2 aromatic rings. The molecule has 6 heteroatoms. The first-order chi connectivity index (χ1) is 15.4. The fraction of sp³-hybridized carbons (Fsp3) is 0.346. The molecule has 1 aliphatic heterocycles. The molecule has 0 aromatic heterocycles. The number of hydrogen-bond donors (Lipinski definition) is 1. The second-order valence-corrected chi connectivity index (χ2v) is 8.04. The van der Waals surface area contributed by atoms with Gasteiger partial charge in [-0.1, -0.05) is 42.0 Å². The number of ketones is 1. The minimum Gasteiger partial charge on any atom is -0.463 e. The summed E-state index contributed by atoms with van der Waals surface area (Å²) in [6, 6.07) is 15.0. The van der Waals surface area contributed by atoms with Crippen molar-refractivity contribution in [1.82, 2.24) is 4.90 Å². The number of esters is 1. The number of piperidine rings is 1. The molecule has 0 radical (unpaired) electrons. The van der Waals surface area contributed by atoms with E-state index < -0.39 is 0 Å². The van der Waals surface area contributed by atoms with Gasteiger partial charge in [-0.2, -0.15) is 0 Å². The lowest BCUT2D eigenvalue weighted by Crippen LogP contribution is -2.40. The van der Waals surface area contributed by atoms with Crippen molar-refractivity contribution in [1.29, 1.82) is 0 Å². The molecular formula is C26H30N2O4. The van der Waals surface area contributed by atoms with E-state index in [1.807, 2.05) is 43.3 Å². The summed E-state index contributed by atoms with van der Waals surface area (Å²) in [6.07, 6.45) is 4.58. The van der Waals surface area contributed by atoms with Crippen LogP contribution in [0.4, 0.5) is 5.69 Å². The summed E-state index contributed by atoms with van der Waals surface area (Å²) >= 11 is 0. The van der Waals surface area contributed by atoms with Crippen molar-refractivity contribution in [3.05, 3.63) is 71.3 Å². The van der Waals surface area contributed by atoms with Gasteiger partial charge < -0.3 is 10.1 Å². The number of hydrogen-bond acceptors (Lipinski definition) is 5. The molecule has 0 saturated carbocycles. The maximum absolute atomic E-state index is 12.7. The second kappa shape index (κ2) is 11.4. The first-order valence-corrected chi connectivity index (χ1v) is 11.0. The van der Waals surface area contributed by atoms with Gasteiger partial charge in [-0.05, 0) is 63.6 Å². The fourth-order valence-electron chi connectivity index (χ4n) is 3.74. The van der Waals surface area contributed by atoms with Crippen LogP contribution in [0.1, 0.15) is 41.3 Å². The maximum atomic E-state index is 12.7. The third-order valence-electron chi connectivity index (χ3n) is 5.55. The van der Waals surface area contributed by atoms with Crippen LogP contribution in [-0.2, 0) is 14.3 Å². The fourth-order valence-corrected chi connectivity index (χ4v) is 3.74. The molecule has 0 unspecified atom stereocenters. The van der Waals surface area contributed by atoms with Crippen molar-refractivity contribution >= 4 is 29.4 Å². The number of benzene rings is 2. The molecule has 1 heterocycles. The Labute approximate surface area is 189 Å². The molecular weight excluding hydrogens is 404 g/mol. The van der Waals surface area contributed by atoms with Crippen LogP contribution in [0.2, 0.25) is 0 Å². The van der Waals surface area contributed by atoms with E-state index in [0.29, 0.717) is 18.8 Å². The van der Waals surface area contributed by atoms with Crippen molar-refractivity contribution in [2.45, 2.75) is 26.7 Å². The third-order valence-corrected chi connectivity index (χ3v) is 5.55. The highest BCUT2D eigenvalue weighted by atomic mass is 16.5. The van der Waals surface area contributed by atoms with Crippen molar-refractivity contribution in [3.8, 4) is 0 Å². The molecule has 1 saturated heterocycles. The first-order valence-electron chi connectivity index (χ1n) is 11.0. The lowest BCUT2D eigenvalue weighted by molar-refractivity contribution is -0.137. The molecule has 32 heavy (non-hydrogen) atoms. The number of amides is 1. The highest BCUT2D eigenvalue weighted by molar-refractivity contribution is 5.98. The van der Waals surface area contributed by atoms with Crippen molar-refractivity contribution in [2.24, 2.45) is 5.92 Å². The standard InChI is InChI=1S/C26H30N2O4/c1-3-32-25(30)13-8-20-6-11-23(12-7-20)27-24(29)18-28-16-14-22(15-17-28)26(31)21-9-4-19(2)5-10-21/h4-13,22H,3,14-18H2,1-2H3,(H,27,29). The molecule has 1 fully saturated rings. The zero-order chi connectivity index (χ0) is 22.9. The Hall–Kier alpha value is -3.25. The molecule has 0 bridgehead atoms. The van der Waals surface area contributed by atoms with Crippen LogP contribution in [0, 0.1) is 12.8 Å². The van der Waals surface area contributed by atoms with E-state index in [-0.39, 0.29) is 23.6 Å². The van der Waals surface area contributed by atoms with Crippen LogP contribution in [0.5, 0.6) is 0 Å². The van der Waals surface area contributed by atoms with Crippen LogP contribution >= 0.6 is 0 Å². The Morgan fingerprint density at radius 3 is 2.31 bits per heavy atom. The lowest BCUT2D eigenvalue weighted by atomic mass is 9.88. The average molecular weight is 435 g/mol. The third kappa shape index (κ3) is 6.89. The molecule has 2 aromatic carbocycles. The summed E-state index contributed by atoms with van der Waals surface area (Å²) in [6.45, 7) is 5.87. The Bertz CT molecular complexity index is 956. The summed E-state index contributed by atoms with van der Waals surface area (Å²) in [4.78, 5) is 38.6. The van der Waals surface area contributed by atoms with Gasteiger partial charge in [0.2, 0.25) is 5.91 Å². The topological polar surface area (TPSA) is 75.7 Å². The van der Waals surface area contributed by atoms with Gasteiger partial charge in [0.1, 0.15) is 0 Å². The normalized spacial score (nSPS) is 14.9. The first kappa shape index (κ1) is 23.4. The van der Waals surface area contributed by atoms with Gasteiger partial charge in [-0.25, -0.2) is 4.79 Å². The van der Waals surface area contributed by atoms with E-state index in [4.69, 9.17) is 4.74 Å². The number of anilines is 1. The molecule has 0 atom stereocenters. The van der Waals surface area contributed by atoms with Gasteiger partial charge in [-0.3, -0.25) is 14.5 Å².